The molecular formula is C25H33ClN2O2. The molecule has 162 valence electrons. The molecule has 5 heteroatoms. The number of carbonyl (C=O) groups is 2. The van der Waals surface area contributed by atoms with Crippen molar-refractivity contribution in [1.82, 2.24) is 10.2 Å². The van der Waals surface area contributed by atoms with Gasteiger partial charge in [-0.15, -0.1) is 0 Å². The minimum atomic E-state index is -0.517. The molecule has 0 bridgehead atoms. The summed E-state index contributed by atoms with van der Waals surface area (Å²) in [5, 5.41) is 3.64. The van der Waals surface area contributed by atoms with E-state index in [1.807, 2.05) is 63.2 Å². The fraction of sp³-hybridized carbons (Fsp3) is 0.440. The molecule has 0 aromatic heterocycles. The first kappa shape index (κ1) is 23.9. The van der Waals surface area contributed by atoms with E-state index in [1.165, 1.54) is 0 Å². The van der Waals surface area contributed by atoms with Gasteiger partial charge in [0.05, 0.1) is 6.42 Å². The smallest absolute Gasteiger partial charge is 0.242 e. The van der Waals surface area contributed by atoms with Crippen LogP contribution < -0.4 is 5.32 Å². The highest BCUT2D eigenvalue weighted by Crippen LogP contribution is 2.18. The number of nitrogens with zero attached hydrogens (tertiary/aromatic N) is 1. The van der Waals surface area contributed by atoms with Crippen molar-refractivity contribution >= 4 is 23.4 Å². The van der Waals surface area contributed by atoms with Crippen molar-refractivity contribution in [1.29, 1.82) is 0 Å². The Kier molecular flexibility index (Phi) is 8.91. The third-order valence-electron chi connectivity index (χ3n) is 5.18. The number of hydrogen-bond acceptors (Lipinski definition) is 2. The highest BCUT2D eigenvalue weighted by molar-refractivity contribution is 6.30. The molecule has 0 heterocycles. The lowest BCUT2D eigenvalue weighted by atomic mass is 10.0. The van der Waals surface area contributed by atoms with E-state index < -0.39 is 6.04 Å². The van der Waals surface area contributed by atoms with Gasteiger partial charge in [0, 0.05) is 18.1 Å². The Morgan fingerprint density at radius 2 is 1.73 bits per heavy atom. The molecule has 1 N–H and O–H groups in total. The second-order valence-electron chi connectivity index (χ2n) is 8.32. The number of rotatable bonds is 9. The molecule has 0 aliphatic carbocycles. The predicted octanol–water partition coefficient (Wildman–Crippen LogP) is 5.08. The molecule has 0 saturated heterocycles. The van der Waals surface area contributed by atoms with Gasteiger partial charge in [-0.1, -0.05) is 68.3 Å². The first-order valence-electron chi connectivity index (χ1n) is 10.6. The summed E-state index contributed by atoms with van der Waals surface area (Å²) >= 11 is 6.02. The Balaban J connectivity index is 2.30. The Morgan fingerprint density at radius 3 is 2.33 bits per heavy atom. The van der Waals surface area contributed by atoms with E-state index in [9.17, 15) is 9.59 Å². The monoisotopic (exact) mass is 428 g/mol. The van der Waals surface area contributed by atoms with Crippen molar-refractivity contribution in [2.45, 2.75) is 60.0 Å². The minimum absolute atomic E-state index is 0.0507. The Morgan fingerprint density at radius 1 is 1.07 bits per heavy atom. The summed E-state index contributed by atoms with van der Waals surface area (Å²) in [6, 6.07) is 13.0. The maximum atomic E-state index is 13.4. The number of nitrogens with one attached hydrogen (secondary N) is 1. The molecule has 2 aromatic rings. The standard InChI is InChI=1S/C25H33ClN2O2/c1-6-23(25(30)27-15-17(2)3)28(16-20-9-11-22(26)12-10-20)24(29)14-21-13-18(4)7-8-19(21)5/h7-13,17,23H,6,14-16H2,1-5H3,(H,27,30). The summed E-state index contributed by atoms with van der Waals surface area (Å²) in [5.74, 6) is 0.196. The lowest BCUT2D eigenvalue weighted by Crippen LogP contribution is -2.50. The fourth-order valence-corrected chi connectivity index (χ4v) is 3.51. The van der Waals surface area contributed by atoms with Crippen LogP contribution in [0.2, 0.25) is 5.02 Å². The normalized spacial score (nSPS) is 12.0. The Labute approximate surface area is 185 Å². The van der Waals surface area contributed by atoms with Crippen molar-refractivity contribution in [3.05, 3.63) is 69.7 Å². The molecule has 4 nitrogen and oxygen atoms in total. The molecule has 30 heavy (non-hydrogen) atoms. The number of aryl methyl sites for hydroxylation is 2. The van der Waals surface area contributed by atoms with Crippen molar-refractivity contribution in [3.63, 3.8) is 0 Å². The highest BCUT2D eigenvalue weighted by atomic mass is 35.5. The van der Waals surface area contributed by atoms with Crippen molar-refractivity contribution in [2.24, 2.45) is 5.92 Å². The van der Waals surface area contributed by atoms with Crippen molar-refractivity contribution in [3.8, 4) is 0 Å². The zero-order chi connectivity index (χ0) is 22.3. The van der Waals surface area contributed by atoms with E-state index in [-0.39, 0.29) is 18.2 Å². The highest BCUT2D eigenvalue weighted by Gasteiger charge is 2.28. The van der Waals surface area contributed by atoms with Crippen LogP contribution in [0.1, 0.15) is 49.4 Å². The maximum Gasteiger partial charge on any atom is 0.242 e. The van der Waals surface area contributed by atoms with Crippen LogP contribution in [-0.4, -0.2) is 29.3 Å². The summed E-state index contributed by atoms with van der Waals surface area (Å²) in [5.41, 5.74) is 4.15. The number of hydrogen-bond donors (Lipinski definition) is 1. The Hall–Kier alpha value is -2.33. The van der Waals surface area contributed by atoms with Gasteiger partial charge in [0.1, 0.15) is 6.04 Å². The molecule has 0 aliphatic heterocycles. The molecule has 2 aromatic carbocycles. The van der Waals surface area contributed by atoms with Crippen LogP contribution in [-0.2, 0) is 22.6 Å². The van der Waals surface area contributed by atoms with Gasteiger partial charge >= 0.3 is 0 Å². The zero-order valence-corrected chi connectivity index (χ0v) is 19.4. The molecular weight excluding hydrogens is 396 g/mol. The molecule has 0 radical (unpaired) electrons. The average Bonchev–Trinajstić information content (AvgIpc) is 2.70. The number of halogens is 1. The molecule has 1 unspecified atom stereocenters. The topological polar surface area (TPSA) is 49.4 Å². The van der Waals surface area contributed by atoms with Gasteiger partial charge in [0.2, 0.25) is 11.8 Å². The minimum Gasteiger partial charge on any atom is -0.354 e. The fourth-order valence-electron chi connectivity index (χ4n) is 3.38. The van der Waals surface area contributed by atoms with E-state index in [0.717, 1.165) is 22.3 Å². The zero-order valence-electron chi connectivity index (χ0n) is 18.7. The molecule has 0 saturated carbocycles. The quantitative estimate of drug-likeness (QED) is 0.605. The average molecular weight is 429 g/mol. The summed E-state index contributed by atoms with van der Waals surface area (Å²) in [6.45, 7) is 11.0. The summed E-state index contributed by atoms with van der Waals surface area (Å²) in [6.07, 6.45) is 0.825. The molecule has 0 fully saturated rings. The lowest BCUT2D eigenvalue weighted by molar-refractivity contribution is -0.141. The number of amides is 2. The Bertz CT molecular complexity index is 862. The van der Waals surface area contributed by atoms with E-state index in [4.69, 9.17) is 11.6 Å². The SMILES string of the molecule is CCC(C(=O)NCC(C)C)N(Cc1ccc(Cl)cc1)C(=O)Cc1cc(C)ccc1C. The molecule has 1 atom stereocenters. The second kappa shape index (κ2) is 11.2. The first-order chi connectivity index (χ1) is 14.2. The van der Waals surface area contributed by atoms with E-state index in [0.29, 0.717) is 30.5 Å². The van der Waals surface area contributed by atoms with Gasteiger partial charge in [-0.2, -0.15) is 0 Å². The third-order valence-corrected chi connectivity index (χ3v) is 5.43. The van der Waals surface area contributed by atoms with Gasteiger partial charge in [0.15, 0.2) is 0 Å². The van der Waals surface area contributed by atoms with Gasteiger partial charge in [-0.3, -0.25) is 9.59 Å². The predicted molar refractivity (Wildman–Crippen MR) is 124 cm³/mol. The van der Waals surface area contributed by atoms with Crippen LogP contribution in [0.5, 0.6) is 0 Å². The van der Waals surface area contributed by atoms with Crippen LogP contribution in [0.15, 0.2) is 42.5 Å². The summed E-state index contributed by atoms with van der Waals surface area (Å²) in [7, 11) is 0. The van der Waals surface area contributed by atoms with Gasteiger partial charge < -0.3 is 10.2 Å². The second-order valence-corrected chi connectivity index (χ2v) is 8.75. The van der Waals surface area contributed by atoms with Crippen LogP contribution in [0, 0.1) is 19.8 Å². The van der Waals surface area contributed by atoms with Gasteiger partial charge in [-0.25, -0.2) is 0 Å². The summed E-state index contributed by atoms with van der Waals surface area (Å²) in [4.78, 5) is 28.0. The lowest BCUT2D eigenvalue weighted by Gasteiger charge is -2.31. The van der Waals surface area contributed by atoms with Crippen LogP contribution in [0.4, 0.5) is 0 Å². The van der Waals surface area contributed by atoms with Crippen LogP contribution in [0.3, 0.4) is 0 Å². The van der Waals surface area contributed by atoms with E-state index in [2.05, 4.69) is 19.2 Å². The third kappa shape index (κ3) is 6.88. The molecule has 0 spiro atoms. The number of carbonyl (C=O) groups excluding carboxylic acids is 2. The maximum absolute atomic E-state index is 13.4. The van der Waals surface area contributed by atoms with Crippen LogP contribution in [0.25, 0.3) is 0 Å². The molecule has 2 amide bonds. The van der Waals surface area contributed by atoms with E-state index in [1.54, 1.807) is 4.90 Å². The first-order valence-corrected chi connectivity index (χ1v) is 11.0. The van der Waals surface area contributed by atoms with Crippen molar-refractivity contribution in [2.75, 3.05) is 6.54 Å². The van der Waals surface area contributed by atoms with Crippen molar-refractivity contribution < 1.29 is 9.59 Å². The number of benzene rings is 2. The van der Waals surface area contributed by atoms with Gasteiger partial charge in [0.25, 0.3) is 0 Å². The largest absolute Gasteiger partial charge is 0.354 e. The molecule has 0 aliphatic rings. The molecule has 2 rings (SSSR count). The summed E-state index contributed by atoms with van der Waals surface area (Å²) < 4.78 is 0. The van der Waals surface area contributed by atoms with E-state index >= 15 is 0 Å². The van der Waals surface area contributed by atoms with Gasteiger partial charge in [-0.05, 0) is 55.0 Å². The van der Waals surface area contributed by atoms with Crippen LogP contribution >= 0.6 is 11.6 Å².